The molecule has 0 spiro atoms. The van der Waals surface area contributed by atoms with Crippen molar-refractivity contribution >= 4 is 23.2 Å². The fraction of sp³-hybridized carbons (Fsp3) is 0.350. The van der Waals surface area contributed by atoms with E-state index in [4.69, 9.17) is 16.3 Å². The van der Waals surface area contributed by atoms with Crippen molar-refractivity contribution in [3.63, 3.8) is 0 Å². The van der Waals surface area contributed by atoms with Crippen molar-refractivity contribution in [2.24, 2.45) is 5.92 Å². The van der Waals surface area contributed by atoms with E-state index in [1.807, 2.05) is 42.5 Å². The molecular weight excluding hydrogens is 336 g/mol. The maximum absolute atomic E-state index is 12.4. The number of carbonyl (C=O) groups is 1. The molecule has 1 saturated heterocycles. The second kappa shape index (κ2) is 7.89. The van der Waals surface area contributed by atoms with E-state index in [9.17, 15) is 4.79 Å². The zero-order valence-electron chi connectivity index (χ0n) is 14.6. The summed E-state index contributed by atoms with van der Waals surface area (Å²) < 4.78 is 5.26. The Bertz CT molecular complexity index is 738. The summed E-state index contributed by atoms with van der Waals surface area (Å²) in [6.45, 7) is 1.96. The molecule has 3 rings (SSSR count). The van der Waals surface area contributed by atoms with E-state index in [-0.39, 0.29) is 11.8 Å². The van der Waals surface area contributed by atoms with Crippen molar-refractivity contribution in [1.82, 2.24) is 4.90 Å². The van der Waals surface area contributed by atoms with Crippen molar-refractivity contribution in [3.05, 3.63) is 47.5 Å². The number of anilines is 1. The second-order valence-corrected chi connectivity index (χ2v) is 6.90. The first-order valence-corrected chi connectivity index (χ1v) is 8.88. The third-order valence-electron chi connectivity index (χ3n) is 4.73. The van der Waals surface area contributed by atoms with Crippen molar-refractivity contribution < 1.29 is 9.53 Å². The molecule has 0 atom stereocenters. The number of benzene rings is 2. The number of halogens is 1. The SMILES string of the molecule is COc1ccc(Cl)c(-c2ccc(NC(=O)C3CCN(C)CC3)cc2)c1. The van der Waals surface area contributed by atoms with Gasteiger partial charge in [-0.3, -0.25) is 4.79 Å². The molecule has 0 aromatic heterocycles. The molecule has 132 valence electrons. The molecule has 1 N–H and O–H groups in total. The number of hydrogen-bond donors (Lipinski definition) is 1. The Balaban J connectivity index is 1.69. The van der Waals surface area contributed by atoms with E-state index in [0.29, 0.717) is 5.02 Å². The molecule has 1 aliphatic rings. The Morgan fingerprint density at radius 3 is 2.48 bits per heavy atom. The van der Waals surface area contributed by atoms with Crippen LogP contribution < -0.4 is 10.1 Å². The van der Waals surface area contributed by atoms with Crippen LogP contribution in [0.15, 0.2) is 42.5 Å². The molecule has 2 aromatic rings. The molecule has 0 radical (unpaired) electrons. The molecule has 4 nitrogen and oxygen atoms in total. The monoisotopic (exact) mass is 358 g/mol. The maximum atomic E-state index is 12.4. The van der Waals surface area contributed by atoms with Gasteiger partial charge >= 0.3 is 0 Å². The molecule has 1 heterocycles. The summed E-state index contributed by atoms with van der Waals surface area (Å²) in [6.07, 6.45) is 1.83. The molecule has 2 aromatic carbocycles. The zero-order valence-corrected chi connectivity index (χ0v) is 15.3. The summed E-state index contributed by atoms with van der Waals surface area (Å²) in [5.74, 6) is 0.975. The van der Waals surface area contributed by atoms with Crippen molar-refractivity contribution in [2.75, 3.05) is 32.6 Å². The van der Waals surface area contributed by atoms with E-state index in [2.05, 4.69) is 17.3 Å². The smallest absolute Gasteiger partial charge is 0.227 e. The lowest BCUT2D eigenvalue weighted by molar-refractivity contribution is -0.121. The Labute approximate surface area is 153 Å². The van der Waals surface area contributed by atoms with Crippen LogP contribution in [0.4, 0.5) is 5.69 Å². The Kier molecular flexibility index (Phi) is 5.61. The van der Waals surface area contributed by atoms with Gasteiger partial charge in [-0.1, -0.05) is 23.7 Å². The average molecular weight is 359 g/mol. The molecule has 0 saturated carbocycles. The molecule has 0 aliphatic carbocycles. The first-order chi connectivity index (χ1) is 12.1. The normalized spacial score (nSPS) is 15.8. The number of piperidine rings is 1. The van der Waals surface area contributed by atoms with Crippen LogP contribution in [0.25, 0.3) is 11.1 Å². The van der Waals surface area contributed by atoms with Gasteiger partial charge in [-0.25, -0.2) is 0 Å². The topological polar surface area (TPSA) is 41.6 Å². The lowest BCUT2D eigenvalue weighted by Gasteiger charge is -2.28. The van der Waals surface area contributed by atoms with Gasteiger partial charge in [0.05, 0.1) is 7.11 Å². The van der Waals surface area contributed by atoms with Crippen LogP contribution in [0, 0.1) is 5.92 Å². The van der Waals surface area contributed by atoms with Crippen LogP contribution in [0.3, 0.4) is 0 Å². The highest BCUT2D eigenvalue weighted by Crippen LogP contribution is 2.32. The summed E-state index contributed by atoms with van der Waals surface area (Å²) in [4.78, 5) is 14.7. The first-order valence-electron chi connectivity index (χ1n) is 8.50. The second-order valence-electron chi connectivity index (χ2n) is 6.49. The van der Waals surface area contributed by atoms with Crippen molar-refractivity contribution in [1.29, 1.82) is 0 Å². The molecule has 1 aliphatic heterocycles. The highest BCUT2D eigenvalue weighted by atomic mass is 35.5. The fourth-order valence-electron chi connectivity index (χ4n) is 3.10. The van der Waals surface area contributed by atoms with Crippen LogP contribution in [0.1, 0.15) is 12.8 Å². The predicted octanol–water partition coefficient (Wildman–Crippen LogP) is 4.30. The maximum Gasteiger partial charge on any atom is 0.227 e. The predicted molar refractivity (Wildman–Crippen MR) is 102 cm³/mol. The third kappa shape index (κ3) is 4.33. The number of nitrogens with zero attached hydrogens (tertiary/aromatic N) is 1. The van der Waals surface area contributed by atoms with Crippen molar-refractivity contribution in [2.45, 2.75) is 12.8 Å². The Morgan fingerprint density at radius 1 is 1.16 bits per heavy atom. The summed E-state index contributed by atoms with van der Waals surface area (Å²) >= 11 is 6.30. The van der Waals surface area contributed by atoms with E-state index in [1.165, 1.54) is 0 Å². The number of hydrogen-bond acceptors (Lipinski definition) is 3. The molecule has 1 amide bonds. The minimum atomic E-state index is 0.101. The van der Waals surface area contributed by atoms with Crippen LogP contribution >= 0.6 is 11.6 Å². The summed E-state index contributed by atoms with van der Waals surface area (Å²) in [5.41, 5.74) is 2.71. The van der Waals surface area contributed by atoms with E-state index in [1.54, 1.807) is 7.11 Å². The van der Waals surface area contributed by atoms with E-state index < -0.39 is 0 Å². The average Bonchev–Trinajstić information content (AvgIpc) is 2.63. The zero-order chi connectivity index (χ0) is 17.8. The van der Waals surface area contributed by atoms with Gasteiger partial charge < -0.3 is 15.0 Å². The lowest BCUT2D eigenvalue weighted by Crippen LogP contribution is -2.35. The largest absolute Gasteiger partial charge is 0.497 e. The minimum absolute atomic E-state index is 0.101. The number of nitrogens with one attached hydrogen (secondary N) is 1. The highest BCUT2D eigenvalue weighted by Gasteiger charge is 2.23. The van der Waals surface area contributed by atoms with Crippen molar-refractivity contribution in [3.8, 4) is 16.9 Å². The molecular formula is C20H23ClN2O2. The van der Waals surface area contributed by atoms with Crippen LogP contribution in [0.2, 0.25) is 5.02 Å². The molecule has 1 fully saturated rings. The summed E-state index contributed by atoms with van der Waals surface area (Å²) in [6, 6.07) is 13.3. The van der Waals surface area contributed by atoms with Gasteiger partial charge in [-0.15, -0.1) is 0 Å². The Morgan fingerprint density at radius 2 is 1.84 bits per heavy atom. The number of amides is 1. The number of likely N-dealkylation sites (tertiary alicyclic amines) is 1. The minimum Gasteiger partial charge on any atom is -0.497 e. The van der Waals surface area contributed by atoms with Crippen LogP contribution in [-0.2, 0) is 4.79 Å². The van der Waals surface area contributed by atoms with Gasteiger partial charge in [0.15, 0.2) is 0 Å². The first kappa shape index (κ1) is 17.8. The van der Waals surface area contributed by atoms with Gasteiger partial charge in [0, 0.05) is 22.2 Å². The summed E-state index contributed by atoms with van der Waals surface area (Å²) in [5, 5.41) is 3.70. The van der Waals surface area contributed by atoms with Gasteiger partial charge in [0.2, 0.25) is 5.91 Å². The van der Waals surface area contributed by atoms with Crippen LogP contribution in [-0.4, -0.2) is 38.1 Å². The van der Waals surface area contributed by atoms with Gasteiger partial charge in [-0.05, 0) is 68.9 Å². The quantitative estimate of drug-likeness (QED) is 0.886. The molecule has 5 heteroatoms. The van der Waals surface area contributed by atoms with Crippen LogP contribution in [0.5, 0.6) is 5.75 Å². The van der Waals surface area contributed by atoms with E-state index in [0.717, 1.165) is 48.5 Å². The number of carbonyl (C=O) groups excluding carboxylic acids is 1. The summed E-state index contributed by atoms with van der Waals surface area (Å²) in [7, 11) is 3.73. The van der Waals surface area contributed by atoms with E-state index >= 15 is 0 Å². The molecule has 25 heavy (non-hydrogen) atoms. The van der Waals surface area contributed by atoms with Gasteiger partial charge in [0.1, 0.15) is 5.75 Å². The van der Waals surface area contributed by atoms with Gasteiger partial charge in [0.25, 0.3) is 0 Å². The highest BCUT2D eigenvalue weighted by molar-refractivity contribution is 6.33. The molecule has 0 unspecified atom stereocenters. The number of methoxy groups -OCH3 is 1. The number of ether oxygens (including phenoxy) is 1. The number of rotatable bonds is 4. The lowest BCUT2D eigenvalue weighted by atomic mass is 9.96. The molecule has 0 bridgehead atoms. The third-order valence-corrected chi connectivity index (χ3v) is 5.06. The fourth-order valence-corrected chi connectivity index (χ4v) is 3.33. The Hall–Kier alpha value is -2.04. The van der Waals surface area contributed by atoms with Gasteiger partial charge in [-0.2, -0.15) is 0 Å². The standard InChI is InChI=1S/C20H23ClN2O2/c1-23-11-9-15(10-12-23)20(24)22-16-5-3-14(4-6-16)18-13-17(25-2)7-8-19(18)21/h3-8,13,15H,9-12H2,1-2H3,(H,22,24).